The largest absolute Gasteiger partial charge is 0.508 e. The number of ether oxygens (including phenoxy) is 2. The summed E-state index contributed by atoms with van der Waals surface area (Å²) in [6.45, 7) is 7.06. The van der Waals surface area contributed by atoms with Crippen molar-refractivity contribution in [2.75, 3.05) is 62.7 Å². The van der Waals surface area contributed by atoms with Crippen molar-refractivity contribution in [2.45, 2.75) is 38.3 Å². The van der Waals surface area contributed by atoms with E-state index in [1.807, 2.05) is 54.6 Å². The molecule has 13 heteroatoms. The number of fused-ring (bicyclic) bond motifs is 2. The van der Waals surface area contributed by atoms with Crippen LogP contribution in [0.1, 0.15) is 41.7 Å². The molecule has 56 heavy (non-hydrogen) atoms. The summed E-state index contributed by atoms with van der Waals surface area (Å²) in [7, 11) is 1.66. The fourth-order valence-electron chi connectivity index (χ4n) is 8.44. The van der Waals surface area contributed by atoms with Crippen molar-refractivity contribution in [1.82, 2.24) is 20.1 Å². The van der Waals surface area contributed by atoms with Crippen molar-refractivity contribution in [1.29, 1.82) is 0 Å². The van der Waals surface area contributed by atoms with Gasteiger partial charge >= 0.3 is 0 Å². The highest BCUT2D eigenvalue weighted by Gasteiger charge is 2.40. The van der Waals surface area contributed by atoms with E-state index < -0.39 is 11.9 Å². The maximum absolute atomic E-state index is 13.1. The molecule has 0 radical (unpaired) electrons. The maximum Gasteiger partial charge on any atom is 0.256 e. The van der Waals surface area contributed by atoms with E-state index in [2.05, 4.69) is 32.1 Å². The average molecular weight is 773 g/mol. The molecule has 5 aromatic rings. The number of hydrogen-bond donors (Lipinski definition) is 2. The summed E-state index contributed by atoms with van der Waals surface area (Å²) in [4.78, 5) is 51.9. The number of benzene rings is 3. The number of aromatic hydroxyl groups is 1. The summed E-state index contributed by atoms with van der Waals surface area (Å²) in [5.74, 6) is 3.20. The van der Waals surface area contributed by atoms with Crippen molar-refractivity contribution in [3.8, 4) is 33.4 Å². The monoisotopic (exact) mass is 772 g/mol. The second-order valence-electron chi connectivity index (χ2n) is 15.0. The Morgan fingerprint density at radius 1 is 0.839 bits per heavy atom. The first-order valence-corrected chi connectivity index (χ1v) is 20.2. The number of phenolic OH excluding ortho intramolecular Hbond substituents is 1. The lowest BCUT2D eigenvalue weighted by atomic mass is 9.95. The zero-order valence-electron chi connectivity index (χ0n) is 31.3. The lowest BCUT2D eigenvalue weighted by molar-refractivity contribution is -0.136. The summed E-state index contributed by atoms with van der Waals surface area (Å²) in [5, 5.41) is 13.5. The van der Waals surface area contributed by atoms with Crippen LogP contribution in [0.25, 0.3) is 20.5 Å². The first kappa shape index (κ1) is 36.0. The normalized spacial score (nSPS) is 19.4. The van der Waals surface area contributed by atoms with Crippen molar-refractivity contribution < 1.29 is 29.0 Å². The molecular weight excluding hydrogens is 729 g/mol. The van der Waals surface area contributed by atoms with Crippen molar-refractivity contribution in [2.24, 2.45) is 5.92 Å². The van der Waals surface area contributed by atoms with E-state index >= 15 is 0 Å². The minimum absolute atomic E-state index is 0.193. The van der Waals surface area contributed by atoms with E-state index in [0.717, 1.165) is 102 Å². The first-order valence-electron chi connectivity index (χ1n) is 19.3. The summed E-state index contributed by atoms with van der Waals surface area (Å²) in [5.41, 5.74) is 3.47. The molecule has 6 heterocycles. The predicted octanol–water partition coefficient (Wildman–Crippen LogP) is 6.27. The molecule has 0 bridgehead atoms. The molecule has 0 aliphatic carbocycles. The highest BCUT2D eigenvalue weighted by molar-refractivity contribution is 7.22. The fourth-order valence-corrected chi connectivity index (χ4v) is 9.61. The number of aromatic nitrogens is 1. The number of piperazine rings is 1. The molecule has 9 rings (SSSR count). The van der Waals surface area contributed by atoms with Crippen LogP contribution in [0.15, 0.2) is 78.9 Å². The third-order valence-electron chi connectivity index (χ3n) is 11.6. The van der Waals surface area contributed by atoms with Crippen LogP contribution >= 0.6 is 11.3 Å². The van der Waals surface area contributed by atoms with E-state index in [1.165, 1.54) is 5.69 Å². The zero-order chi connectivity index (χ0) is 38.3. The average Bonchev–Trinajstić information content (AvgIpc) is 3.74. The lowest BCUT2D eigenvalue weighted by Gasteiger charge is -2.39. The summed E-state index contributed by atoms with van der Waals surface area (Å²) < 4.78 is 12.9. The molecule has 288 valence electrons. The van der Waals surface area contributed by atoms with E-state index in [0.29, 0.717) is 23.6 Å². The number of pyridine rings is 1. The van der Waals surface area contributed by atoms with Crippen molar-refractivity contribution in [3.05, 3.63) is 90.1 Å². The third-order valence-corrected chi connectivity index (χ3v) is 12.8. The van der Waals surface area contributed by atoms with Crippen LogP contribution in [0.4, 0.5) is 11.5 Å². The van der Waals surface area contributed by atoms with Gasteiger partial charge in [-0.1, -0.05) is 0 Å². The number of phenols is 1. The van der Waals surface area contributed by atoms with Gasteiger partial charge in [-0.3, -0.25) is 24.6 Å². The Bertz CT molecular complexity index is 2280. The number of anilines is 2. The topological polar surface area (TPSA) is 128 Å². The number of amides is 3. The molecule has 2 N–H and O–H groups in total. The Morgan fingerprint density at radius 3 is 2.32 bits per heavy atom. The number of thiophene rings is 1. The molecule has 3 aromatic carbocycles. The number of rotatable bonds is 9. The number of nitrogens with one attached hydrogen (secondary N) is 1. The van der Waals surface area contributed by atoms with Gasteiger partial charge in [0.15, 0.2) is 5.75 Å². The number of hydrogen-bond acceptors (Lipinski definition) is 11. The van der Waals surface area contributed by atoms with E-state index in [9.17, 15) is 19.5 Å². The number of imide groups is 1. The van der Waals surface area contributed by atoms with Crippen LogP contribution in [-0.4, -0.2) is 96.6 Å². The van der Waals surface area contributed by atoms with E-state index in [1.54, 1.807) is 35.5 Å². The molecular formula is C43H44N6O6S. The molecule has 2 aromatic heterocycles. The van der Waals surface area contributed by atoms with Crippen LogP contribution in [0, 0.1) is 5.92 Å². The Morgan fingerprint density at radius 2 is 1.59 bits per heavy atom. The van der Waals surface area contributed by atoms with Gasteiger partial charge in [0.25, 0.3) is 5.91 Å². The molecule has 0 spiro atoms. The van der Waals surface area contributed by atoms with Gasteiger partial charge in [0, 0.05) is 68.0 Å². The highest BCUT2D eigenvalue weighted by Crippen LogP contribution is 2.47. The van der Waals surface area contributed by atoms with Crippen LogP contribution in [0.5, 0.6) is 23.0 Å². The highest BCUT2D eigenvalue weighted by atomic mass is 32.1. The van der Waals surface area contributed by atoms with Gasteiger partial charge in [-0.05, 0) is 110 Å². The molecule has 3 amide bonds. The molecule has 3 saturated heterocycles. The SMILES string of the molecule is COc1ccc(-c2sc3cc(O)ccc3c2Oc2ccc(N3CCC(CN4CCN(c5ccc6c(n5)CN(C5CCC(=O)NC5=O)C6=O)CC4)CC3)cc2)cc1. The smallest absolute Gasteiger partial charge is 0.256 e. The summed E-state index contributed by atoms with van der Waals surface area (Å²) in [6.07, 6.45) is 2.86. The van der Waals surface area contributed by atoms with Crippen LogP contribution in [0.3, 0.4) is 0 Å². The van der Waals surface area contributed by atoms with Crippen LogP contribution < -0.4 is 24.6 Å². The maximum atomic E-state index is 13.1. The predicted molar refractivity (Wildman–Crippen MR) is 216 cm³/mol. The number of nitrogens with zero attached hydrogens (tertiary/aromatic N) is 5. The quantitative estimate of drug-likeness (QED) is 0.166. The molecule has 4 aliphatic heterocycles. The second-order valence-corrected chi connectivity index (χ2v) is 16.1. The molecule has 12 nitrogen and oxygen atoms in total. The Balaban J connectivity index is 0.770. The third kappa shape index (κ3) is 7.12. The van der Waals surface area contributed by atoms with Gasteiger partial charge in [-0.2, -0.15) is 0 Å². The Hall–Kier alpha value is -5.66. The fraction of sp³-hybridized carbons (Fsp3) is 0.349. The van der Waals surface area contributed by atoms with Gasteiger partial charge in [0.1, 0.15) is 29.1 Å². The molecule has 0 saturated carbocycles. The van der Waals surface area contributed by atoms with Crippen molar-refractivity contribution >= 4 is 50.6 Å². The van der Waals surface area contributed by atoms with Gasteiger partial charge in [-0.15, -0.1) is 11.3 Å². The van der Waals surface area contributed by atoms with Gasteiger partial charge < -0.3 is 29.3 Å². The molecule has 4 aliphatic rings. The first-order chi connectivity index (χ1) is 27.3. The minimum Gasteiger partial charge on any atom is -0.508 e. The standard InChI is InChI=1S/C43H44N6O6S/c1-54-31-7-2-28(3-8-31)41-40(34-11-6-30(50)24-37(34)56-41)55-32-9-4-29(5-10-32)47-18-16-27(17-19-47)25-46-20-22-48(23-21-46)38-14-12-33-35(44-38)26-49(43(33)53)36-13-15-39(51)45-42(36)52/h2-12,14,24,27,36,50H,13,15-23,25-26H2,1H3,(H,45,51,52). The molecule has 1 atom stereocenters. The minimum atomic E-state index is -0.634. The molecule has 1 unspecified atom stereocenters. The summed E-state index contributed by atoms with van der Waals surface area (Å²) in [6, 6.07) is 24.9. The number of carbonyl (C=O) groups excluding carboxylic acids is 3. The van der Waals surface area contributed by atoms with E-state index in [-0.39, 0.29) is 30.5 Å². The Labute approximate surface area is 329 Å². The van der Waals surface area contributed by atoms with Gasteiger partial charge in [0.2, 0.25) is 11.8 Å². The Kier molecular flexibility index (Phi) is 9.72. The molecule has 3 fully saturated rings. The van der Waals surface area contributed by atoms with Crippen molar-refractivity contribution in [3.63, 3.8) is 0 Å². The van der Waals surface area contributed by atoms with Gasteiger partial charge in [0.05, 0.1) is 29.8 Å². The second kappa shape index (κ2) is 15.1. The lowest BCUT2D eigenvalue weighted by Crippen LogP contribution is -2.52. The van der Waals surface area contributed by atoms with E-state index in [4.69, 9.17) is 14.5 Å². The number of carbonyl (C=O) groups is 3. The summed E-state index contributed by atoms with van der Waals surface area (Å²) >= 11 is 1.60. The van der Waals surface area contributed by atoms with Crippen LogP contribution in [-0.2, 0) is 16.1 Å². The van der Waals surface area contributed by atoms with Crippen LogP contribution in [0.2, 0.25) is 0 Å². The zero-order valence-corrected chi connectivity index (χ0v) is 32.1. The van der Waals surface area contributed by atoms with Gasteiger partial charge in [-0.25, -0.2) is 4.98 Å². The number of methoxy groups -OCH3 is 1. The number of piperidine rings is 2.